The lowest BCUT2D eigenvalue weighted by Crippen LogP contribution is -2.47. The predicted molar refractivity (Wildman–Crippen MR) is 102 cm³/mol. The van der Waals surface area contributed by atoms with Gasteiger partial charge in [0, 0.05) is 38.8 Å². The Kier molecular flexibility index (Phi) is 8.00. The zero-order chi connectivity index (χ0) is 18.2. The molecule has 2 heterocycles. The summed E-state index contributed by atoms with van der Waals surface area (Å²) in [4.78, 5) is 21.5. The van der Waals surface area contributed by atoms with Gasteiger partial charge in [-0.2, -0.15) is 0 Å². The van der Waals surface area contributed by atoms with E-state index in [4.69, 9.17) is 9.73 Å². The molecule has 2 saturated heterocycles. The van der Waals surface area contributed by atoms with Crippen molar-refractivity contribution in [3.05, 3.63) is 0 Å². The third-order valence-electron chi connectivity index (χ3n) is 5.44. The van der Waals surface area contributed by atoms with Crippen LogP contribution in [0.25, 0.3) is 0 Å². The SMILES string of the molecule is CCNC(=NCC1CCCN(C(C)C)C1)N1CCC(C(=O)OC)CC1. The lowest BCUT2D eigenvalue weighted by Gasteiger charge is -2.36. The number of esters is 1. The molecular weight excluding hydrogens is 316 g/mol. The Balaban J connectivity index is 1.89. The van der Waals surface area contributed by atoms with Crippen molar-refractivity contribution in [2.75, 3.05) is 46.4 Å². The molecule has 0 bridgehead atoms. The normalized spacial score (nSPS) is 23.8. The highest BCUT2D eigenvalue weighted by atomic mass is 16.5. The fourth-order valence-corrected chi connectivity index (χ4v) is 3.85. The van der Waals surface area contributed by atoms with Crippen LogP contribution >= 0.6 is 0 Å². The summed E-state index contributed by atoms with van der Waals surface area (Å²) in [6.07, 6.45) is 4.25. The first-order valence-electron chi connectivity index (χ1n) is 9.90. The monoisotopic (exact) mass is 352 g/mol. The number of hydrogen-bond donors (Lipinski definition) is 1. The van der Waals surface area contributed by atoms with Crippen molar-refractivity contribution in [2.24, 2.45) is 16.8 Å². The molecule has 6 nitrogen and oxygen atoms in total. The summed E-state index contributed by atoms with van der Waals surface area (Å²) in [5, 5.41) is 3.43. The summed E-state index contributed by atoms with van der Waals surface area (Å²) in [6.45, 7) is 12.5. The van der Waals surface area contributed by atoms with Gasteiger partial charge in [-0.25, -0.2) is 0 Å². The van der Waals surface area contributed by atoms with Crippen LogP contribution in [0.15, 0.2) is 4.99 Å². The second-order valence-electron chi connectivity index (χ2n) is 7.58. The molecular formula is C19H36N4O2. The molecule has 0 radical (unpaired) electrons. The molecule has 1 unspecified atom stereocenters. The van der Waals surface area contributed by atoms with Crippen LogP contribution in [0, 0.1) is 11.8 Å². The molecule has 1 N–H and O–H groups in total. The molecule has 0 spiro atoms. The van der Waals surface area contributed by atoms with Crippen LogP contribution in [-0.4, -0.2) is 74.1 Å². The van der Waals surface area contributed by atoms with Crippen LogP contribution in [0.4, 0.5) is 0 Å². The van der Waals surface area contributed by atoms with Crippen LogP contribution in [0.1, 0.15) is 46.5 Å². The number of methoxy groups -OCH3 is 1. The smallest absolute Gasteiger partial charge is 0.308 e. The van der Waals surface area contributed by atoms with E-state index in [9.17, 15) is 4.79 Å². The van der Waals surface area contributed by atoms with Gasteiger partial charge in [-0.15, -0.1) is 0 Å². The van der Waals surface area contributed by atoms with Gasteiger partial charge >= 0.3 is 5.97 Å². The molecule has 2 fully saturated rings. The highest BCUT2D eigenvalue weighted by molar-refractivity contribution is 5.80. The van der Waals surface area contributed by atoms with E-state index in [1.165, 1.54) is 26.5 Å². The highest BCUT2D eigenvalue weighted by Gasteiger charge is 2.27. The van der Waals surface area contributed by atoms with Crippen molar-refractivity contribution in [1.82, 2.24) is 15.1 Å². The van der Waals surface area contributed by atoms with E-state index in [1.54, 1.807) is 0 Å². The fraction of sp³-hybridized carbons (Fsp3) is 0.895. The number of hydrogen-bond acceptors (Lipinski definition) is 4. The Bertz CT molecular complexity index is 445. The zero-order valence-electron chi connectivity index (χ0n) is 16.5. The summed E-state index contributed by atoms with van der Waals surface area (Å²) in [7, 11) is 1.48. The number of likely N-dealkylation sites (tertiary alicyclic amines) is 2. The lowest BCUT2D eigenvalue weighted by molar-refractivity contribution is -0.146. The molecule has 2 aliphatic rings. The minimum Gasteiger partial charge on any atom is -0.469 e. The van der Waals surface area contributed by atoms with Crippen LogP contribution < -0.4 is 5.32 Å². The molecule has 0 aromatic heterocycles. The van der Waals surface area contributed by atoms with Gasteiger partial charge in [-0.3, -0.25) is 9.79 Å². The molecule has 0 aromatic rings. The van der Waals surface area contributed by atoms with Crippen molar-refractivity contribution in [1.29, 1.82) is 0 Å². The summed E-state index contributed by atoms with van der Waals surface area (Å²) in [5.74, 6) is 1.63. The average molecular weight is 353 g/mol. The van der Waals surface area contributed by atoms with E-state index >= 15 is 0 Å². The zero-order valence-corrected chi connectivity index (χ0v) is 16.5. The van der Waals surface area contributed by atoms with E-state index < -0.39 is 0 Å². The van der Waals surface area contributed by atoms with Gasteiger partial charge in [0.1, 0.15) is 0 Å². The number of ether oxygens (including phenoxy) is 1. The molecule has 25 heavy (non-hydrogen) atoms. The molecule has 144 valence electrons. The van der Waals surface area contributed by atoms with Gasteiger partial charge in [0.2, 0.25) is 0 Å². The van der Waals surface area contributed by atoms with Crippen LogP contribution in [0.5, 0.6) is 0 Å². The van der Waals surface area contributed by atoms with E-state index in [-0.39, 0.29) is 11.9 Å². The highest BCUT2D eigenvalue weighted by Crippen LogP contribution is 2.20. The first-order chi connectivity index (χ1) is 12.0. The first-order valence-corrected chi connectivity index (χ1v) is 9.90. The minimum atomic E-state index is -0.0717. The quantitative estimate of drug-likeness (QED) is 0.466. The van der Waals surface area contributed by atoms with Gasteiger partial charge in [-0.05, 0) is 58.9 Å². The number of nitrogens with zero attached hydrogens (tertiary/aromatic N) is 3. The lowest BCUT2D eigenvalue weighted by atomic mass is 9.97. The molecule has 0 aromatic carbocycles. The van der Waals surface area contributed by atoms with E-state index in [2.05, 4.69) is 35.9 Å². The van der Waals surface area contributed by atoms with Crippen LogP contribution in [0.2, 0.25) is 0 Å². The maximum absolute atomic E-state index is 11.7. The van der Waals surface area contributed by atoms with Crippen molar-refractivity contribution < 1.29 is 9.53 Å². The Morgan fingerprint density at radius 2 is 1.96 bits per heavy atom. The number of carbonyl (C=O) groups excluding carboxylic acids is 1. The molecule has 0 saturated carbocycles. The summed E-state index contributed by atoms with van der Waals surface area (Å²) in [6, 6.07) is 0.623. The van der Waals surface area contributed by atoms with E-state index in [0.717, 1.165) is 51.5 Å². The molecule has 0 aliphatic carbocycles. The summed E-state index contributed by atoms with van der Waals surface area (Å²) < 4.78 is 4.88. The third kappa shape index (κ3) is 5.87. The molecule has 1 atom stereocenters. The second kappa shape index (κ2) is 10.00. The number of aliphatic imine (C=N–C) groups is 1. The molecule has 0 amide bonds. The minimum absolute atomic E-state index is 0.0436. The maximum atomic E-state index is 11.7. The topological polar surface area (TPSA) is 57.2 Å². The standard InChI is InChI=1S/C19H36N4O2/c1-5-20-19(22-11-8-17(9-12-22)18(24)25-4)21-13-16-7-6-10-23(14-16)15(2)3/h15-17H,5-14H2,1-4H3,(H,20,21). The van der Waals surface area contributed by atoms with Crippen molar-refractivity contribution in [2.45, 2.75) is 52.5 Å². The number of piperidine rings is 2. The van der Waals surface area contributed by atoms with Crippen molar-refractivity contribution >= 4 is 11.9 Å². The predicted octanol–water partition coefficient (Wildman–Crippen LogP) is 1.96. The number of nitrogens with one attached hydrogen (secondary N) is 1. The van der Waals surface area contributed by atoms with Crippen molar-refractivity contribution in [3.63, 3.8) is 0 Å². The largest absolute Gasteiger partial charge is 0.469 e. The third-order valence-corrected chi connectivity index (χ3v) is 5.44. The average Bonchev–Trinajstić information content (AvgIpc) is 2.65. The Hall–Kier alpha value is -1.30. The Labute approximate surface area is 153 Å². The maximum Gasteiger partial charge on any atom is 0.308 e. The summed E-state index contributed by atoms with van der Waals surface area (Å²) in [5.41, 5.74) is 0. The summed E-state index contributed by atoms with van der Waals surface area (Å²) >= 11 is 0. The number of guanidine groups is 1. The van der Waals surface area contributed by atoms with E-state index in [0.29, 0.717) is 12.0 Å². The molecule has 2 rings (SSSR count). The molecule has 6 heteroatoms. The van der Waals surface area contributed by atoms with Crippen molar-refractivity contribution in [3.8, 4) is 0 Å². The van der Waals surface area contributed by atoms with Crippen LogP contribution in [-0.2, 0) is 9.53 Å². The number of carbonyl (C=O) groups is 1. The van der Waals surface area contributed by atoms with Crippen LogP contribution in [0.3, 0.4) is 0 Å². The Morgan fingerprint density at radius 1 is 1.24 bits per heavy atom. The van der Waals surface area contributed by atoms with E-state index in [1.807, 2.05) is 0 Å². The number of rotatable bonds is 5. The van der Waals surface area contributed by atoms with Gasteiger partial charge in [0.25, 0.3) is 0 Å². The van der Waals surface area contributed by atoms with Gasteiger partial charge < -0.3 is 19.9 Å². The van der Waals surface area contributed by atoms with Gasteiger partial charge in [0.15, 0.2) is 5.96 Å². The van der Waals surface area contributed by atoms with Gasteiger partial charge in [-0.1, -0.05) is 0 Å². The Morgan fingerprint density at radius 3 is 2.56 bits per heavy atom. The van der Waals surface area contributed by atoms with Gasteiger partial charge in [0.05, 0.1) is 13.0 Å². The first kappa shape index (κ1) is 20.0. The molecule has 2 aliphatic heterocycles. The fourth-order valence-electron chi connectivity index (χ4n) is 3.85. The second-order valence-corrected chi connectivity index (χ2v) is 7.58.